The van der Waals surface area contributed by atoms with E-state index in [1.54, 1.807) is 12.1 Å². The fourth-order valence-corrected chi connectivity index (χ4v) is 4.80. The number of rotatable bonds is 9. The van der Waals surface area contributed by atoms with Crippen molar-refractivity contribution in [2.45, 2.75) is 31.9 Å². The van der Waals surface area contributed by atoms with Crippen LogP contribution in [-0.4, -0.2) is 24.8 Å². The highest BCUT2D eigenvalue weighted by Crippen LogP contribution is 2.46. The summed E-state index contributed by atoms with van der Waals surface area (Å²) in [7, 11) is -4.70. The van der Waals surface area contributed by atoms with Gasteiger partial charge in [0.2, 0.25) is 5.91 Å². The molecule has 4 rings (SSSR count). The summed E-state index contributed by atoms with van der Waals surface area (Å²) in [4.78, 5) is 26.4. The molecule has 0 bridgehead atoms. The molecular weight excluding hydrogens is 508 g/mol. The van der Waals surface area contributed by atoms with Crippen LogP contribution in [0.1, 0.15) is 43.0 Å². The van der Waals surface area contributed by atoms with Crippen molar-refractivity contribution >= 4 is 28.0 Å². The zero-order valence-electron chi connectivity index (χ0n) is 19.6. The van der Waals surface area contributed by atoms with Gasteiger partial charge in [0.05, 0.1) is 12.0 Å². The van der Waals surface area contributed by atoms with E-state index in [0.29, 0.717) is 23.2 Å². The molecule has 3 atom stereocenters. The number of ether oxygens (including phenoxy) is 1. The first-order valence-electron chi connectivity index (χ1n) is 11.3. The normalized spacial score (nSPS) is 18.2. The van der Waals surface area contributed by atoms with Crippen molar-refractivity contribution in [3.8, 4) is 5.75 Å². The van der Waals surface area contributed by atoms with Crippen LogP contribution in [0, 0.1) is 17.6 Å². The number of esters is 1. The van der Waals surface area contributed by atoms with E-state index in [1.807, 2.05) is 0 Å². The number of hydrogen-bond acceptors (Lipinski definition) is 6. The van der Waals surface area contributed by atoms with E-state index in [0.717, 1.165) is 0 Å². The predicted octanol–water partition coefficient (Wildman–Crippen LogP) is 4.94. The van der Waals surface area contributed by atoms with Crippen molar-refractivity contribution < 1.29 is 40.3 Å². The molecule has 11 heteroatoms. The van der Waals surface area contributed by atoms with Gasteiger partial charge in [-0.3, -0.25) is 14.1 Å². The average molecular weight is 532 g/mol. The van der Waals surface area contributed by atoms with Crippen LogP contribution in [-0.2, 0) is 24.7 Å². The van der Waals surface area contributed by atoms with Gasteiger partial charge in [0.15, 0.2) is 0 Å². The maximum atomic E-state index is 13.5. The number of carbonyl (C=O) groups is 2. The second kappa shape index (κ2) is 10.7. The number of carbonyl (C=O) groups excluding carboxylic acids is 2. The SMILES string of the molecule is CC(=O)OC(CCC1C(=O)N(c2ccc(F)cc2)C1c1ccc(OS(=O)(=O)O)cc1)c1ccc(F)cc1. The smallest absolute Gasteiger partial charge is 0.446 e. The van der Waals surface area contributed by atoms with Crippen molar-refractivity contribution in [1.82, 2.24) is 0 Å². The number of amides is 1. The highest BCUT2D eigenvalue weighted by atomic mass is 32.3. The minimum atomic E-state index is -4.70. The lowest BCUT2D eigenvalue weighted by atomic mass is 9.78. The Kier molecular flexibility index (Phi) is 7.55. The van der Waals surface area contributed by atoms with Gasteiger partial charge in [0, 0.05) is 12.6 Å². The van der Waals surface area contributed by atoms with E-state index >= 15 is 0 Å². The fourth-order valence-electron chi connectivity index (χ4n) is 4.45. The van der Waals surface area contributed by atoms with Crippen molar-refractivity contribution in [2.75, 3.05) is 4.90 Å². The molecule has 3 aromatic carbocycles. The van der Waals surface area contributed by atoms with Crippen molar-refractivity contribution in [3.05, 3.63) is 95.6 Å². The Morgan fingerprint density at radius 3 is 2.08 bits per heavy atom. The largest absolute Gasteiger partial charge is 0.458 e. The van der Waals surface area contributed by atoms with Gasteiger partial charge < -0.3 is 13.8 Å². The van der Waals surface area contributed by atoms with Gasteiger partial charge in [-0.1, -0.05) is 24.3 Å². The van der Waals surface area contributed by atoms with Crippen LogP contribution in [0.2, 0.25) is 0 Å². The topological polar surface area (TPSA) is 110 Å². The van der Waals surface area contributed by atoms with Crippen LogP contribution in [0.15, 0.2) is 72.8 Å². The molecule has 1 amide bonds. The lowest BCUT2D eigenvalue weighted by molar-refractivity contribution is -0.147. The van der Waals surface area contributed by atoms with Crippen LogP contribution in [0.3, 0.4) is 0 Å². The minimum absolute atomic E-state index is 0.118. The molecule has 1 saturated heterocycles. The van der Waals surface area contributed by atoms with Gasteiger partial charge in [-0.15, -0.1) is 0 Å². The fraction of sp³-hybridized carbons (Fsp3) is 0.231. The number of halogens is 2. The van der Waals surface area contributed by atoms with Gasteiger partial charge in [-0.05, 0) is 72.5 Å². The number of nitrogens with zero attached hydrogens (tertiary/aromatic N) is 1. The van der Waals surface area contributed by atoms with E-state index in [1.165, 1.54) is 72.5 Å². The van der Waals surface area contributed by atoms with E-state index in [4.69, 9.17) is 9.29 Å². The molecule has 1 N–H and O–H groups in total. The highest BCUT2D eigenvalue weighted by Gasteiger charge is 2.48. The predicted molar refractivity (Wildman–Crippen MR) is 129 cm³/mol. The lowest BCUT2D eigenvalue weighted by Crippen LogP contribution is -2.55. The van der Waals surface area contributed by atoms with Gasteiger partial charge in [0.1, 0.15) is 23.5 Å². The van der Waals surface area contributed by atoms with Gasteiger partial charge in [-0.25, -0.2) is 8.78 Å². The van der Waals surface area contributed by atoms with E-state index in [2.05, 4.69) is 4.18 Å². The molecule has 1 heterocycles. The Labute approximate surface area is 212 Å². The first-order valence-corrected chi connectivity index (χ1v) is 12.7. The molecule has 0 radical (unpaired) electrons. The molecule has 8 nitrogen and oxygen atoms in total. The first kappa shape index (κ1) is 26.2. The number of benzene rings is 3. The van der Waals surface area contributed by atoms with Crippen molar-refractivity contribution in [3.63, 3.8) is 0 Å². The summed E-state index contributed by atoms with van der Waals surface area (Å²) in [6.45, 7) is 1.26. The van der Waals surface area contributed by atoms with Gasteiger partial charge in [0.25, 0.3) is 0 Å². The Hall–Kier alpha value is -3.83. The second-order valence-corrected chi connectivity index (χ2v) is 9.57. The second-order valence-electron chi connectivity index (χ2n) is 8.54. The number of anilines is 1. The molecular formula is C26H23F2NO7S. The van der Waals surface area contributed by atoms with Crippen LogP contribution < -0.4 is 9.08 Å². The molecule has 194 valence electrons. The third-order valence-corrected chi connectivity index (χ3v) is 6.43. The zero-order chi connectivity index (χ0) is 26.7. The molecule has 1 aliphatic rings. The quantitative estimate of drug-likeness (QED) is 0.237. The minimum Gasteiger partial charge on any atom is -0.458 e. The molecule has 3 unspecified atom stereocenters. The molecule has 1 fully saturated rings. The van der Waals surface area contributed by atoms with Gasteiger partial charge in [-0.2, -0.15) is 8.42 Å². The van der Waals surface area contributed by atoms with Gasteiger partial charge >= 0.3 is 16.4 Å². The third-order valence-electron chi connectivity index (χ3n) is 6.03. The number of β-lactam (4-membered cyclic amide) rings is 1. The third kappa shape index (κ3) is 6.30. The molecule has 0 saturated carbocycles. The summed E-state index contributed by atoms with van der Waals surface area (Å²) in [5, 5.41) is 0. The monoisotopic (exact) mass is 531 g/mol. The molecule has 37 heavy (non-hydrogen) atoms. The van der Waals surface area contributed by atoms with Crippen LogP contribution in [0.5, 0.6) is 5.75 Å². The first-order chi connectivity index (χ1) is 17.5. The number of hydrogen-bond donors (Lipinski definition) is 1. The standard InChI is InChI=1S/C26H23F2NO7S/c1-16(30)35-24(17-2-6-19(27)7-3-17)15-14-23-25(18-4-12-22(13-5-18)36-37(32,33)34)29(26(23)31)21-10-8-20(28)9-11-21/h2-13,23-25H,14-15H2,1H3,(H,32,33,34). The Balaban J connectivity index is 1.60. The highest BCUT2D eigenvalue weighted by molar-refractivity contribution is 7.81. The average Bonchev–Trinajstić information content (AvgIpc) is 2.83. The summed E-state index contributed by atoms with van der Waals surface area (Å²) in [5.41, 5.74) is 1.70. The van der Waals surface area contributed by atoms with Crippen molar-refractivity contribution in [2.24, 2.45) is 5.92 Å². The van der Waals surface area contributed by atoms with E-state index < -0.39 is 46.1 Å². The molecule has 3 aromatic rings. The van der Waals surface area contributed by atoms with E-state index in [-0.39, 0.29) is 18.1 Å². The Morgan fingerprint density at radius 2 is 1.54 bits per heavy atom. The summed E-state index contributed by atoms with van der Waals surface area (Å²) in [5.74, 6) is -2.30. The molecule has 1 aliphatic heterocycles. The summed E-state index contributed by atoms with van der Waals surface area (Å²) < 4.78 is 67.7. The lowest BCUT2D eigenvalue weighted by Gasteiger charge is -2.48. The Bertz CT molecular complexity index is 1380. The molecule has 0 aromatic heterocycles. The van der Waals surface area contributed by atoms with Crippen LogP contribution in [0.25, 0.3) is 0 Å². The van der Waals surface area contributed by atoms with Crippen molar-refractivity contribution in [1.29, 1.82) is 0 Å². The summed E-state index contributed by atoms with van der Waals surface area (Å²) in [6.07, 6.45) is -0.115. The summed E-state index contributed by atoms with van der Waals surface area (Å²) >= 11 is 0. The van der Waals surface area contributed by atoms with E-state index in [9.17, 15) is 26.8 Å². The molecule has 0 aliphatic carbocycles. The summed E-state index contributed by atoms with van der Waals surface area (Å²) in [6, 6.07) is 16.3. The molecule has 0 spiro atoms. The maximum Gasteiger partial charge on any atom is 0.446 e. The maximum absolute atomic E-state index is 13.5. The van der Waals surface area contributed by atoms with Crippen LogP contribution >= 0.6 is 0 Å². The zero-order valence-corrected chi connectivity index (χ0v) is 20.4. The Morgan fingerprint density at radius 1 is 0.973 bits per heavy atom. The van der Waals surface area contributed by atoms with Crippen LogP contribution in [0.4, 0.5) is 14.5 Å².